The summed E-state index contributed by atoms with van der Waals surface area (Å²) in [6.07, 6.45) is 1.79. The van der Waals surface area contributed by atoms with Crippen LogP contribution in [0.25, 0.3) is 67.6 Å². The fourth-order valence-electron chi connectivity index (χ4n) is 4.83. The number of fused-ring (bicyclic) bond motifs is 1. The molecule has 0 aliphatic heterocycles. The van der Waals surface area contributed by atoms with Crippen LogP contribution in [0.2, 0.25) is 0 Å². The molecule has 0 spiro atoms. The summed E-state index contributed by atoms with van der Waals surface area (Å²) < 4.78 is 5.49. The van der Waals surface area contributed by atoms with E-state index in [1.54, 1.807) is 6.20 Å². The normalized spacial score (nSPS) is 10.4. The molecule has 3 aromatic heterocycles. The number of aromatic nitrogens is 5. The molecule has 0 amide bonds. The van der Waals surface area contributed by atoms with Crippen LogP contribution >= 0.6 is 0 Å². The van der Waals surface area contributed by atoms with E-state index in [1.165, 1.54) is 0 Å². The van der Waals surface area contributed by atoms with E-state index in [0.29, 0.717) is 17.5 Å². The first kappa shape index (κ1) is 30.4. The van der Waals surface area contributed by atoms with E-state index in [9.17, 15) is 0 Å². The molecule has 0 atom stereocenters. The maximum absolute atomic E-state index is 5.49. The summed E-state index contributed by atoms with van der Waals surface area (Å²) >= 11 is 0. The zero-order valence-electron chi connectivity index (χ0n) is 24.4. The van der Waals surface area contributed by atoms with Crippen LogP contribution < -0.4 is 0 Å². The van der Waals surface area contributed by atoms with Crippen molar-refractivity contribution in [1.29, 1.82) is 0 Å². The van der Waals surface area contributed by atoms with Crippen LogP contribution in [0.4, 0.5) is 0 Å². The number of nitrogens with zero attached hydrogens (tertiary/aromatic N) is 5. The van der Waals surface area contributed by atoms with Crippen LogP contribution in [-0.4, -0.2) is 25.1 Å². The molecule has 0 saturated carbocycles. The molecule has 0 bridgehead atoms. The number of hydrogen-bond donors (Lipinski definition) is 0. The first-order valence-electron chi connectivity index (χ1n) is 14.4. The first-order chi connectivity index (χ1) is 22.3. The van der Waals surface area contributed by atoms with Crippen LogP contribution in [-0.2, 0) is 20.1 Å². The molecule has 0 fully saturated rings. The SMILES string of the molecule is [Ir].[c-]1ccc(-c2nc(-c3ccccc3)nc(-c3ccccc3)n2)cc1-c1noc2ccccc12.[c-]1ccccc1-c1ccccn1. The quantitative estimate of drug-likeness (QED) is 0.163. The molecule has 1 radical (unpaired) electrons. The van der Waals surface area contributed by atoms with Crippen molar-refractivity contribution in [3.63, 3.8) is 0 Å². The van der Waals surface area contributed by atoms with Gasteiger partial charge in [-0.15, -0.1) is 70.9 Å². The van der Waals surface area contributed by atoms with Gasteiger partial charge in [0.15, 0.2) is 17.2 Å². The van der Waals surface area contributed by atoms with Crippen molar-refractivity contribution in [3.8, 4) is 56.7 Å². The number of benzene rings is 5. The summed E-state index contributed by atoms with van der Waals surface area (Å²) in [5.74, 6) is 1.84. The third-order valence-electron chi connectivity index (χ3n) is 7.04. The summed E-state index contributed by atoms with van der Waals surface area (Å²) in [6, 6.07) is 53.6. The number of para-hydroxylation sites is 1. The Morgan fingerprint density at radius 2 is 1.11 bits per heavy atom. The van der Waals surface area contributed by atoms with Gasteiger partial charge in [0.05, 0.1) is 0 Å². The Hall–Kier alpha value is -5.62. The van der Waals surface area contributed by atoms with E-state index < -0.39 is 0 Å². The van der Waals surface area contributed by atoms with Crippen molar-refractivity contribution in [2.45, 2.75) is 0 Å². The number of rotatable bonds is 5. The van der Waals surface area contributed by atoms with Crippen molar-refractivity contribution < 1.29 is 24.6 Å². The average Bonchev–Trinajstić information content (AvgIpc) is 3.58. The molecular formula is C39H25IrN5O-2. The molecule has 7 heteroatoms. The standard InChI is InChI=1S/C28H17N4O.C11H8N.Ir/c1-3-10-19(11-4-1)26-29-27(20-12-5-2-6-13-20)31-28(30-26)22-15-9-14-21(18-22)25-23-16-7-8-17-24(23)33-32-25;1-2-6-10(7-3-1)11-8-4-5-9-12-11;/h1-13,15-18H;1-6,8-9H;/q2*-1;. The minimum Gasteiger partial charge on any atom is -0.366 e. The Bertz CT molecular complexity index is 2060. The van der Waals surface area contributed by atoms with E-state index in [2.05, 4.69) is 22.3 Å². The van der Waals surface area contributed by atoms with E-state index in [4.69, 9.17) is 19.5 Å². The predicted molar refractivity (Wildman–Crippen MR) is 176 cm³/mol. The van der Waals surface area contributed by atoms with Gasteiger partial charge in [-0.05, 0) is 17.8 Å². The molecule has 8 aromatic rings. The van der Waals surface area contributed by atoms with Gasteiger partial charge in [0, 0.05) is 48.5 Å². The monoisotopic (exact) mass is 772 g/mol. The predicted octanol–water partition coefficient (Wildman–Crippen LogP) is 9.03. The molecule has 5 aromatic carbocycles. The number of pyridine rings is 1. The summed E-state index contributed by atoms with van der Waals surface area (Å²) in [4.78, 5) is 18.6. The van der Waals surface area contributed by atoms with E-state index in [1.807, 2.05) is 146 Å². The van der Waals surface area contributed by atoms with Crippen molar-refractivity contribution in [3.05, 3.63) is 164 Å². The van der Waals surface area contributed by atoms with Gasteiger partial charge in [0.2, 0.25) is 0 Å². The minimum absolute atomic E-state index is 0. The van der Waals surface area contributed by atoms with Crippen LogP contribution in [0.3, 0.4) is 0 Å². The molecule has 223 valence electrons. The second kappa shape index (κ2) is 14.4. The van der Waals surface area contributed by atoms with E-state index in [0.717, 1.165) is 50.2 Å². The second-order valence-electron chi connectivity index (χ2n) is 10.0. The summed E-state index contributed by atoms with van der Waals surface area (Å²) in [5, 5.41) is 5.21. The Balaban J connectivity index is 0.000000241. The molecule has 0 saturated heterocycles. The van der Waals surface area contributed by atoms with Gasteiger partial charge in [0.25, 0.3) is 0 Å². The van der Waals surface area contributed by atoms with E-state index >= 15 is 0 Å². The average molecular weight is 772 g/mol. The fraction of sp³-hybridized carbons (Fsp3) is 0. The Morgan fingerprint density at radius 1 is 0.500 bits per heavy atom. The Morgan fingerprint density at radius 3 is 1.76 bits per heavy atom. The second-order valence-corrected chi connectivity index (χ2v) is 10.0. The van der Waals surface area contributed by atoms with Crippen molar-refractivity contribution in [1.82, 2.24) is 25.1 Å². The smallest absolute Gasteiger partial charge is 0.164 e. The zero-order chi connectivity index (χ0) is 30.3. The van der Waals surface area contributed by atoms with Crippen molar-refractivity contribution in [2.24, 2.45) is 0 Å². The van der Waals surface area contributed by atoms with Crippen molar-refractivity contribution >= 4 is 11.0 Å². The summed E-state index contributed by atoms with van der Waals surface area (Å²) in [6.45, 7) is 0. The largest absolute Gasteiger partial charge is 0.366 e. The molecule has 0 aliphatic rings. The van der Waals surface area contributed by atoms with Crippen LogP contribution in [0.15, 0.2) is 156 Å². The molecule has 0 aliphatic carbocycles. The van der Waals surface area contributed by atoms with Crippen LogP contribution in [0.5, 0.6) is 0 Å². The van der Waals surface area contributed by atoms with Gasteiger partial charge in [-0.2, -0.15) is 0 Å². The van der Waals surface area contributed by atoms with Gasteiger partial charge >= 0.3 is 0 Å². The molecule has 46 heavy (non-hydrogen) atoms. The summed E-state index contributed by atoms with van der Waals surface area (Å²) in [7, 11) is 0. The molecular weight excluding hydrogens is 747 g/mol. The minimum atomic E-state index is 0. The molecule has 3 heterocycles. The summed E-state index contributed by atoms with van der Waals surface area (Å²) in [5.41, 5.74) is 7.04. The molecule has 0 N–H and O–H groups in total. The Kier molecular flexibility index (Phi) is 9.55. The van der Waals surface area contributed by atoms with Gasteiger partial charge in [-0.25, -0.2) is 15.0 Å². The topological polar surface area (TPSA) is 77.6 Å². The fourth-order valence-corrected chi connectivity index (χ4v) is 4.83. The molecule has 0 unspecified atom stereocenters. The van der Waals surface area contributed by atoms with Gasteiger partial charge < -0.3 is 9.51 Å². The van der Waals surface area contributed by atoms with E-state index in [-0.39, 0.29) is 20.1 Å². The molecule has 8 rings (SSSR count). The maximum Gasteiger partial charge on any atom is 0.164 e. The third kappa shape index (κ3) is 6.87. The zero-order valence-corrected chi connectivity index (χ0v) is 26.8. The third-order valence-corrected chi connectivity index (χ3v) is 7.04. The van der Waals surface area contributed by atoms with Gasteiger partial charge in [-0.1, -0.05) is 96.6 Å². The van der Waals surface area contributed by atoms with Gasteiger partial charge in [-0.3, -0.25) is 0 Å². The van der Waals surface area contributed by atoms with Crippen molar-refractivity contribution in [2.75, 3.05) is 0 Å². The first-order valence-corrected chi connectivity index (χ1v) is 14.4. The van der Waals surface area contributed by atoms with Crippen LogP contribution in [0.1, 0.15) is 0 Å². The van der Waals surface area contributed by atoms with Crippen LogP contribution in [0, 0.1) is 12.1 Å². The maximum atomic E-state index is 5.49. The number of hydrogen-bond acceptors (Lipinski definition) is 6. The van der Waals surface area contributed by atoms with Gasteiger partial charge in [0.1, 0.15) is 5.82 Å². The Labute approximate surface area is 280 Å². The molecule has 6 nitrogen and oxygen atoms in total.